The van der Waals surface area contributed by atoms with E-state index in [1.807, 2.05) is 30.3 Å². The third-order valence-corrected chi connectivity index (χ3v) is 4.71. The van der Waals surface area contributed by atoms with Gasteiger partial charge < -0.3 is 20.5 Å². The highest BCUT2D eigenvalue weighted by Crippen LogP contribution is 2.24. The van der Waals surface area contributed by atoms with Gasteiger partial charge in [-0.1, -0.05) is 24.3 Å². The molecule has 2 aromatic rings. The Bertz CT molecular complexity index is 755. The van der Waals surface area contributed by atoms with Crippen LogP contribution in [0.4, 0.5) is 5.69 Å². The van der Waals surface area contributed by atoms with Crippen LogP contribution in [0, 0.1) is 6.92 Å². The lowest BCUT2D eigenvalue weighted by atomic mass is 10.0. The van der Waals surface area contributed by atoms with Crippen molar-refractivity contribution in [1.29, 1.82) is 0 Å². The molecule has 0 aliphatic carbocycles. The van der Waals surface area contributed by atoms with Gasteiger partial charge in [0.25, 0.3) is 0 Å². The maximum atomic E-state index is 6.13. The highest BCUT2D eigenvalue weighted by atomic mass is 16.5. The molecule has 1 heterocycles. The molecule has 1 saturated heterocycles. The van der Waals surface area contributed by atoms with Crippen LogP contribution >= 0.6 is 0 Å². The Morgan fingerprint density at radius 2 is 1.96 bits per heavy atom. The summed E-state index contributed by atoms with van der Waals surface area (Å²) in [6.07, 6.45) is 0. The van der Waals surface area contributed by atoms with Gasteiger partial charge >= 0.3 is 0 Å². The van der Waals surface area contributed by atoms with Crippen molar-refractivity contribution in [2.24, 2.45) is 10.7 Å². The van der Waals surface area contributed by atoms with Crippen LogP contribution in [0.2, 0.25) is 0 Å². The van der Waals surface area contributed by atoms with Crippen LogP contribution in [0.15, 0.2) is 53.5 Å². The summed E-state index contributed by atoms with van der Waals surface area (Å²) in [6.45, 7) is 5.89. The monoisotopic (exact) mass is 368 g/mol. The van der Waals surface area contributed by atoms with Gasteiger partial charge in [-0.05, 0) is 42.3 Å². The molecule has 0 aromatic heterocycles. The maximum absolute atomic E-state index is 6.13. The Hall–Kier alpha value is -2.57. The topological polar surface area (TPSA) is 72.1 Å². The number of hydrogen-bond donors (Lipinski definition) is 2. The second kappa shape index (κ2) is 9.39. The fraction of sp³-hybridized carbons (Fsp3) is 0.381. The fourth-order valence-electron chi connectivity index (χ4n) is 3.24. The van der Waals surface area contributed by atoms with Gasteiger partial charge in [0.2, 0.25) is 0 Å². The van der Waals surface area contributed by atoms with Gasteiger partial charge in [-0.25, -0.2) is 0 Å². The van der Waals surface area contributed by atoms with E-state index in [0.29, 0.717) is 12.5 Å². The first kappa shape index (κ1) is 19.2. The van der Waals surface area contributed by atoms with Gasteiger partial charge in [-0.3, -0.25) is 9.89 Å². The Labute approximate surface area is 161 Å². The van der Waals surface area contributed by atoms with Crippen LogP contribution < -0.4 is 15.8 Å². The van der Waals surface area contributed by atoms with Gasteiger partial charge in [0.15, 0.2) is 5.96 Å². The van der Waals surface area contributed by atoms with Crippen molar-refractivity contribution in [3.8, 4) is 5.75 Å². The van der Waals surface area contributed by atoms with E-state index in [-0.39, 0.29) is 6.04 Å². The van der Waals surface area contributed by atoms with Crippen molar-refractivity contribution in [1.82, 2.24) is 4.90 Å². The number of morpholine rings is 1. The van der Waals surface area contributed by atoms with Crippen LogP contribution in [-0.4, -0.2) is 50.8 Å². The summed E-state index contributed by atoms with van der Waals surface area (Å²) in [4.78, 5) is 7.01. The zero-order chi connectivity index (χ0) is 19.1. The van der Waals surface area contributed by atoms with Gasteiger partial charge in [0.05, 0.1) is 32.9 Å². The van der Waals surface area contributed by atoms with Gasteiger partial charge in [-0.2, -0.15) is 0 Å². The highest BCUT2D eigenvalue weighted by Gasteiger charge is 2.22. The number of nitrogens with one attached hydrogen (secondary N) is 1. The second-order valence-corrected chi connectivity index (χ2v) is 6.66. The molecule has 0 bridgehead atoms. The first-order valence-electron chi connectivity index (χ1n) is 9.25. The molecular formula is C21H28N4O2. The molecule has 1 aliphatic heterocycles. The summed E-state index contributed by atoms with van der Waals surface area (Å²) < 4.78 is 10.8. The number of hydrogen-bond acceptors (Lipinski definition) is 4. The first-order valence-corrected chi connectivity index (χ1v) is 9.25. The van der Waals surface area contributed by atoms with E-state index in [9.17, 15) is 0 Å². The number of nitrogens with two attached hydrogens (primary N) is 1. The van der Waals surface area contributed by atoms with Crippen molar-refractivity contribution >= 4 is 11.6 Å². The normalized spacial score (nSPS) is 16.7. The maximum Gasteiger partial charge on any atom is 0.193 e. The first-order chi connectivity index (χ1) is 13.2. The molecular weight excluding hydrogens is 340 g/mol. The molecule has 0 spiro atoms. The van der Waals surface area contributed by atoms with Crippen LogP contribution in [0.3, 0.4) is 0 Å². The molecule has 0 amide bonds. The van der Waals surface area contributed by atoms with E-state index in [2.05, 4.69) is 40.3 Å². The van der Waals surface area contributed by atoms with Crippen molar-refractivity contribution in [2.45, 2.75) is 13.0 Å². The van der Waals surface area contributed by atoms with E-state index >= 15 is 0 Å². The molecule has 144 valence electrons. The Morgan fingerprint density at radius 3 is 2.63 bits per heavy atom. The molecule has 0 saturated carbocycles. The van der Waals surface area contributed by atoms with Gasteiger partial charge in [-0.15, -0.1) is 0 Å². The Morgan fingerprint density at radius 1 is 1.22 bits per heavy atom. The van der Waals surface area contributed by atoms with Crippen molar-refractivity contribution in [2.75, 3.05) is 45.3 Å². The number of methoxy groups -OCH3 is 1. The highest BCUT2D eigenvalue weighted by molar-refractivity contribution is 5.92. The van der Waals surface area contributed by atoms with Gasteiger partial charge in [0, 0.05) is 18.8 Å². The van der Waals surface area contributed by atoms with Gasteiger partial charge in [0.1, 0.15) is 5.75 Å². The molecule has 6 nitrogen and oxygen atoms in total. The molecule has 3 rings (SSSR count). The van der Waals surface area contributed by atoms with Crippen molar-refractivity contribution < 1.29 is 9.47 Å². The minimum absolute atomic E-state index is 0.151. The number of nitrogens with zero attached hydrogens (tertiary/aromatic N) is 2. The zero-order valence-corrected chi connectivity index (χ0v) is 16.0. The number of ether oxygens (including phenoxy) is 2. The Balaban J connectivity index is 1.73. The average molecular weight is 368 g/mol. The summed E-state index contributed by atoms with van der Waals surface area (Å²) in [7, 11) is 1.68. The number of guanidine groups is 1. The van der Waals surface area contributed by atoms with E-state index in [1.54, 1.807) is 7.11 Å². The molecule has 27 heavy (non-hydrogen) atoms. The van der Waals surface area contributed by atoms with E-state index in [4.69, 9.17) is 15.2 Å². The number of aliphatic imine (C=N–C) groups is 1. The molecule has 2 aromatic carbocycles. The number of benzene rings is 2. The predicted octanol–water partition coefficient (Wildman–Crippen LogP) is 2.80. The minimum Gasteiger partial charge on any atom is -0.497 e. The van der Waals surface area contributed by atoms with Crippen LogP contribution in [0.1, 0.15) is 17.2 Å². The molecule has 3 N–H and O–H groups in total. The van der Waals surface area contributed by atoms with Crippen LogP contribution in [0.25, 0.3) is 0 Å². The number of rotatable bonds is 6. The van der Waals surface area contributed by atoms with Crippen LogP contribution in [-0.2, 0) is 4.74 Å². The largest absolute Gasteiger partial charge is 0.497 e. The fourth-order valence-corrected chi connectivity index (χ4v) is 3.24. The lowest BCUT2D eigenvalue weighted by Crippen LogP contribution is -2.40. The third kappa shape index (κ3) is 5.45. The third-order valence-electron chi connectivity index (χ3n) is 4.71. The molecule has 1 fully saturated rings. The quantitative estimate of drug-likeness (QED) is 0.606. The smallest absolute Gasteiger partial charge is 0.193 e. The van der Waals surface area contributed by atoms with E-state index in [1.165, 1.54) is 11.1 Å². The van der Waals surface area contributed by atoms with Crippen molar-refractivity contribution in [3.63, 3.8) is 0 Å². The lowest BCUT2D eigenvalue weighted by Gasteiger charge is -2.34. The van der Waals surface area contributed by atoms with Crippen molar-refractivity contribution in [3.05, 3.63) is 59.7 Å². The Kier molecular flexibility index (Phi) is 6.68. The molecule has 1 aliphatic rings. The standard InChI is InChI=1S/C21H28N4O2/c1-16-4-3-5-18(14-16)24-21(22)23-15-20(25-10-12-27-13-11-25)17-6-8-19(26-2)9-7-17/h3-9,14,20H,10-13,15H2,1-2H3,(H3,22,23,24). The summed E-state index contributed by atoms with van der Waals surface area (Å²) in [6, 6.07) is 16.4. The predicted molar refractivity (Wildman–Crippen MR) is 109 cm³/mol. The lowest BCUT2D eigenvalue weighted by molar-refractivity contribution is 0.0180. The molecule has 1 unspecified atom stereocenters. The second-order valence-electron chi connectivity index (χ2n) is 6.66. The number of aryl methyl sites for hydroxylation is 1. The van der Waals surface area contributed by atoms with E-state index in [0.717, 1.165) is 37.7 Å². The SMILES string of the molecule is COc1ccc(C(CN=C(N)Nc2cccc(C)c2)N2CCOCC2)cc1. The summed E-state index contributed by atoms with van der Waals surface area (Å²) in [5.74, 6) is 1.27. The summed E-state index contributed by atoms with van der Waals surface area (Å²) in [5.41, 5.74) is 9.46. The summed E-state index contributed by atoms with van der Waals surface area (Å²) >= 11 is 0. The number of anilines is 1. The minimum atomic E-state index is 0.151. The molecule has 0 radical (unpaired) electrons. The average Bonchev–Trinajstić information content (AvgIpc) is 2.69. The van der Waals surface area contributed by atoms with E-state index < -0.39 is 0 Å². The summed E-state index contributed by atoms with van der Waals surface area (Å²) in [5, 5.41) is 3.18. The molecule has 6 heteroatoms. The van der Waals surface area contributed by atoms with Crippen LogP contribution in [0.5, 0.6) is 5.75 Å². The molecule has 1 atom stereocenters. The zero-order valence-electron chi connectivity index (χ0n) is 16.0.